The van der Waals surface area contributed by atoms with Crippen LogP contribution in [-0.2, 0) is 14.3 Å². The van der Waals surface area contributed by atoms with E-state index in [1.807, 2.05) is 43.3 Å². The highest BCUT2D eigenvalue weighted by Gasteiger charge is 2.31. The Labute approximate surface area is 188 Å². The van der Waals surface area contributed by atoms with Gasteiger partial charge in [-0.25, -0.2) is 4.79 Å². The fourth-order valence-electron chi connectivity index (χ4n) is 3.85. The summed E-state index contributed by atoms with van der Waals surface area (Å²) in [7, 11) is 0. The minimum absolute atomic E-state index is 0.0340. The summed E-state index contributed by atoms with van der Waals surface area (Å²) in [5.74, 6) is -1.49. The molecule has 0 saturated carbocycles. The second kappa shape index (κ2) is 9.85. The van der Waals surface area contributed by atoms with Crippen LogP contribution in [0, 0.1) is 5.41 Å². The highest BCUT2D eigenvalue weighted by atomic mass is 16.5. The van der Waals surface area contributed by atoms with E-state index < -0.39 is 29.4 Å². The number of ether oxygens (including phenoxy) is 1. The molecule has 0 bridgehead atoms. The van der Waals surface area contributed by atoms with Gasteiger partial charge in [-0.3, -0.25) is 9.59 Å². The molecule has 0 fully saturated rings. The lowest BCUT2D eigenvalue weighted by atomic mass is 9.94. The Hall–Kier alpha value is -3.35. The fourth-order valence-corrected chi connectivity index (χ4v) is 3.85. The lowest BCUT2D eigenvalue weighted by Gasteiger charge is -2.23. The summed E-state index contributed by atoms with van der Waals surface area (Å²) in [6, 6.07) is 15.3. The summed E-state index contributed by atoms with van der Waals surface area (Å²) in [6.07, 6.45) is 0.422. The lowest BCUT2D eigenvalue weighted by molar-refractivity contribution is -0.146. The summed E-state index contributed by atoms with van der Waals surface area (Å²) in [5, 5.41) is 14.5. The van der Waals surface area contributed by atoms with Gasteiger partial charge in [0, 0.05) is 12.5 Å². The van der Waals surface area contributed by atoms with Crippen LogP contribution in [0.4, 0.5) is 4.79 Å². The second-order valence-corrected chi connectivity index (χ2v) is 8.72. The van der Waals surface area contributed by atoms with Gasteiger partial charge in [0.05, 0.1) is 5.41 Å². The fraction of sp³-hybridized carbons (Fsp3) is 0.400. The van der Waals surface area contributed by atoms with Gasteiger partial charge in [-0.2, -0.15) is 0 Å². The Balaban J connectivity index is 1.61. The number of hydrogen-bond acceptors (Lipinski definition) is 4. The molecule has 3 rings (SSSR count). The number of carbonyl (C=O) groups excluding carboxylic acids is 2. The van der Waals surface area contributed by atoms with Gasteiger partial charge in [0.2, 0.25) is 5.91 Å². The van der Waals surface area contributed by atoms with Crippen LogP contribution in [0.15, 0.2) is 48.5 Å². The summed E-state index contributed by atoms with van der Waals surface area (Å²) in [5.41, 5.74) is 3.40. The van der Waals surface area contributed by atoms with E-state index in [0.717, 1.165) is 22.3 Å². The topological polar surface area (TPSA) is 105 Å². The van der Waals surface area contributed by atoms with Crippen LogP contribution in [-0.4, -0.2) is 42.3 Å². The van der Waals surface area contributed by atoms with E-state index in [4.69, 9.17) is 4.74 Å². The van der Waals surface area contributed by atoms with E-state index in [0.29, 0.717) is 12.8 Å². The zero-order valence-electron chi connectivity index (χ0n) is 18.7. The highest BCUT2D eigenvalue weighted by Crippen LogP contribution is 2.44. The van der Waals surface area contributed by atoms with Crippen molar-refractivity contribution in [1.29, 1.82) is 0 Å². The first kappa shape index (κ1) is 23.3. The molecule has 1 aliphatic carbocycles. The van der Waals surface area contributed by atoms with Gasteiger partial charge in [-0.15, -0.1) is 0 Å². The molecule has 7 nitrogen and oxygen atoms in total. The number of rotatable bonds is 9. The number of aliphatic carboxylic acids is 1. The summed E-state index contributed by atoms with van der Waals surface area (Å²) in [6.45, 7) is 5.09. The van der Waals surface area contributed by atoms with Crippen LogP contribution in [0.5, 0.6) is 0 Å². The largest absolute Gasteiger partial charge is 0.481 e. The molecule has 0 saturated heterocycles. The molecule has 0 radical (unpaired) electrons. The number of hydrogen-bond donors (Lipinski definition) is 3. The Morgan fingerprint density at radius 1 is 1.03 bits per heavy atom. The summed E-state index contributed by atoms with van der Waals surface area (Å²) < 4.78 is 5.53. The Morgan fingerprint density at radius 2 is 1.59 bits per heavy atom. The number of carboxylic acids is 1. The molecular weight excluding hydrogens is 408 g/mol. The second-order valence-electron chi connectivity index (χ2n) is 8.72. The molecule has 0 aliphatic heterocycles. The molecule has 0 unspecified atom stereocenters. The first-order valence-corrected chi connectivity index (χ1v) is 10.9. The van der Waals surface area contributed by atoms with E-state index in [1.54, 1.807) is 0 Å². The number of benzene rings is 2. The van der Waals surface area contributed by atoms with Crippen molar-refractivity contribution in [2.45, 2.75) is 45.6 Å². The van der Waals surface area contributed by atoms with Gasteiger partial charge >= 0.3 is 12.1 Å². The predicted octanol–water partition coefficient (Wildman–Crippen LogP) is 3.92. The van der Waals surface area contributed by atoms with Crippen molar-refractivity contribution in [3.05, 3.63) is 59.7 Å². The van der Waals surface area contributed by atoms with Crippen LogP contribution in [0.2, 0.25) is 0 Å². The summed E-state index contributed by atoms with van der Waals surface area (Å²) in [4.78, 5) is 36.3. The average Bonchev–Trinajstić information content (AvgIpc) is 3.09. The van der Waals surface area contributed by atoms with Crippen LogP contribution in [0.25, 0.3) is 11.1 Å². The number of alkyl carbamates (subject to hydrolysis) is 1. The standard InChI is InChI=1S/C25H30N2O5/c1-4-9-21(22(28)26-15-25(2,3)23(29)30)27-24(31)32-14-20-18-12-7-5-10-16(18)17-11-6-8-13-19(17)20/h5-8,10-13,20-21H,4,9,14-15H2,1-3H3,(H,26,28)(H,27,31)(H,29,30)/t21-/m1/s1. The third-order valence-electron chi connectivity index (χ3n) is 5.81. The molecule has 170 valence electrons. The van der Waals surface area contributed by atoms with Crippen LogP contribution in [0.3, 0.4) is 0 Å². The molecule has 0 aromatic heterocycles. The van der Waals surface area contributed by atoms with Gasteiger partial charge < -0.3 is 20.5 Å². The molecule has 0 spiro atoms. The van der Waals surface area contributed by atoms with Gasteiger partial charge in [0.25, 0.3) is 0 Å². The Bertz CT molecular complexity index is 956. The van der Waals surface area contributed by atoms with Gasteiger partial charge in [0.15, 0.2) is 0 Å². The van der Waals surface area contributed by atoms with Crippen molar-refractivity contribution in [1.82, 2.24) is 10.6 Å². The molecule has 2 aromatic carbocycles. The molecular formula is C25H30N2O5. The lowest BCUT2D eigenvalue weighted by Crippen LogP contribution is -2.49. The Kier molecular flexibility index (Phi) is 7.18. The van der Waals surface area contributed by atoms with Gasteiger partial charge in [0.1, 0.15) is 12.6 Å². The van der Waals surface area contributed by atoms with Gasteiger partial charge in [-0.1, -0.05) is 61.9 Å². The van der Waals surface area contributed by atoms with E-state index in [9.17, 15) is 19.5 Å². The maximum Gasteiger partial charge on any atom is 0.407 e. The van der Waals surface area contributed by atoms with E-state index in [2.05, 4.69) is 22.8 Å². The third kappa shape index (κ3) is 5.10. The molecule has 2 aromatic rings. The monoisotopic (exact) mass is 438 g/mol. The SMILES string of the molecule is CCC[C@@H](NC(=O)OCC1c2ccccc2-c2ccccc21)C(=O)NCC(C)(C)C(=O)O. The number of amides is 2. The van der Waals surface area contributed by atoms with Crippen molar-refractivity contribution < 1.29 is 24.2 Å². The number of carboxylic acid groups (broad SMARTS) is 1. The van der Waals surface area contributed by atoms with Crippen molar-refractivity contribution >= 4 is 18.0 Å². The molecule has 0 heterocycles. The zero-order chi connectivity index (χ0) is 23.3. The molecule has 7 heteroatoms. The smallest absolute Gasteiger partial charge is 0.407 e. The van der Waals surface area contributed by atoms with Crippen molar-refractivity contribution in [2.24, 2.45) is 5.41 Å². The Morgan fingerprint density at radius 3 is 2.12 bits per heavy atom. The zero-order valence-corrected chi connectivity index (χ0v) is 18.7. The number of nitrogens with one attached hydrogen (secondary N) is 2. The van der Waals surface area contributed by atoms with E-state index >= 15 is 0 Å². The van der Waals surface area contributed by atoms with Gasteiger partial charge in [-0.05, 0) is 42.5 Å². The average molecular weight is 439 g/mol. The first-order chi connectivity index (χ1) is 15.2. The third-order valence-corrected chi connectivity index (χ3v) is 5.81. The summed E-state index contributed by atoms with van der Waals surface area (Å²) >= 11 is 0. The highest BCUT2D eigenvalue weighted by molar-refractivity contribution is 5.86. The first-order valence-electron chi connectivity index (χ1n) is 10.9. The maximum atomic E-state index is 12.6. The number of fused-ring (bicyclic) bond motifs is 3. The quantitative estimate of drug-likeness (QED) is 0.550. The van der Waals surface area contributed by atoms with E-state index in [-0.39, 0.29) is 19.1 Å². The van der Waals surface area contributed by atoms with Crippen LogP contribution < -0.4 is 10.6 Å². The molecule has 3 N–H and O–H groups in total. The molecule has 2 amide bonds. The van der Waals surface area contributed by atoms with Crippen molar-refractivity contribution in [2.75, 3.05) is 13.2 Å². The van der Waals surface area contributed by atoms with Crippen LogP contribution >= 0.6 is 0 Å². The van der Waals surface area contributed by atoms with Crippen molar-refractivity contribution in [3.63, 3.8) is 0 Å². The van der Waals surface area contributed by atoms with Crippen molar-refractivity contribution in [3.8, 4) is 11.1 Å². The normalized spacial score (nSPS) is 13.6. The predicted molar refractivity (Wildman–Crippen MR) is 121 cm³/mol. The molecule has 32 heavy (non-hydrogen) atoms. The minimum Gasteiger partial charge on any atom is -0.481 e. The molecule has 1 atom stereocenters. The van der Waals surface area contributed by atoms with E-state index in [1.165, 1.54) is 13.8 Å². The maximum absolute atomic E-state index is 12.6. The minimum atomic E-state index is -1.10. The molecule has 1 aliphatic rings. The number of carbonyl (C=O) groups is 3. The van der Waals surface area contributed by atoms with Crippen LogP contribution in [0.1, 0.15) is 50.7 Å².